The molecule has 8 heteroatoms. The highest BCUT2D eigenvalue weighted by atomic mass is 79.9. The molecule has 2 rings (SSSR count). The molecule has 2 aromatic carbocycles. The van der Waals surface area contributed by atoms with E-state index in [2.05, 4.69) is 35.1 Å². The first-order valence-corrected chi connectivity index (χ1v) is 12.2. The van der Waals surface area contributed by atoms with Crippen LogP contribution in [0.4, 0.5) is 0 Å². The second-order valence-electron chi connectivity index (χ2n) is 7.72. The molecular formula is C24H29BrCl2N2O3. The molecule has 2 amide bonds. The van der Waals surface area contributed by atoms with Crippen LogP contribution in [0.5, 0.6) is 5.75 Å². The Bertz CT molecular complexity index is 953. The number of carbonyl (C=O) groups is 2. The minimum absolute atomic E-state index is 0.198. The van der Waals surface area contributed by atoms with E-state index in [0.29, 0.717) is 34.7 Å². The summed E-state index contributed by atoms with van der Waals surface area (Å²) in [6.45, 7) is 8.43. The lowest BCUT2D eigenvalue weighted by Gasteiger charge is -2.30. The van der Waals surface area contributed by atoms with Gasteiger partial charge in [-0.25, -0.2) is 0 Å². The van der Waals surface area contributed by atoms with Crippen LogP contribution in [0, 0.1) is 0 Å². The normalized spacial score (nSPS) is 11.9. The lowest BCUT2D eigenvalue weighted by atomic mass is 10.0. The van der Waals surface area contributed by atoms with Gasteiger partial charge in [0.15, 0.2) is 6.61 Å². The van der Waals surface area contributed by atoms with Crippen LogP contribution in [0.25, 0.3) is 0 Å². The molecule has 0 saturated heterocycles. The number of carbonyl (C=O) groups excluding carboxylic acids is 2. The highest BCUT2D eigenvalue weighted by Gasteiger charge is 2.29. The standard InChI is InChI=1S/C24H29BrCl2N2O3/c1-5-21(24(31)28-6-2)29(13-16-7-9-19(26)20(27)11-16)23(30)14-32-22-10-8-17(15(3)4)12-18(22)25/h7-12,15,21H,5-6,13-14H2,1-4H3,(H,28,31). The monoisotopic (exact) mass is 542 g/mol. The summed E-state index contributed by atoms with van der Waals surface area (Å²) in [4.78, 5) is 27.4. The highest BCUT2D eigenvalue weighted by molar-refractivity contribution is 9.10. The fourth-order valence-corrected chi connectivity index (χ4v) is 4.09. The van der Waals surface area contributed by atoms with Crippen molar-refractivity contribution in [3.05, 3.63) is 62.0 Å². The Morgan fingerprint density at radius 3 is 2.38 bits per heavy atom. The molecule has 32 heavy (non-hydrogen) atoms. The van der Waals surface area contributed by atoms with Gasteiger partial charge in [0.1, 0.15) is 11.8 Å². The largest absolute Gasteiger partial charge is 0.483 e. The van der Waals surface area contributed by atoms with E-state index >= 15 is 0 Å². The SMILES string of the molecule is CCNC(=O)C(CC)N(Cc1ccc(Cl)c(Cl)c1)C(=O)COc1ccc(C(C)C)cc1Br. The van der Waals surface area contributed by atoms with Gasteiger partial charge in [0.2, 0.25) is 5.91 Å². The zero-order valence-electron chi connectivity index (χ0n) is 18.8. The van der Waals surface area contributed by atoms with Crippen LogP contribution in [-0.4, -0.2) is 35.9 Å². The van der Waals surface area contributed by atoms with Crippen LogP contribution >= 0.6 is 39.1 Å². The smallest absolute Gasteiger partial charge is 0.261 e. The number of nitrogens with one attached hydrogen (secondary N) is 1. The van der Waals surface area contributed by atoms with Crippen molar-refractivity contribution in [3.63, 3.8) is 0 Å². The van der Waals surface area contributed by atoms with Crippen molar-refractivity contribution >= 4 is 50.9 Å². The topological polar surface area (TPSA) is 58.6 Å². The van der Waals surface area contributed by atoms with Gasteiger partial charge < -0.3 is 15.0 Å². The molecule has 174 valence electrons. The summed E-state index contributed by atoms with van der Waals surface area (Å²) in [5, 5.41) is 3.64. The van der Waals surface area contributed by atoms with Gasteiger partial charge in [-0.1, -0.05) is 56.1 Å². The average Bonchev–Trinajstić information content (AvgIpc) is 2.75. The predicted molar refractivity (Wildman–Crippen MR) is 134 cm³/mol. The minimum atomic E-state index is -0.632. The van der Waals surface area contributed by atoms with Crippen LogP contribution in [0.2, 0.25) is 10.0 Å². The van der Waals surface area contributed by atoms with Crippen LogP contribution < -0.4 is 10.1 Å². The number of ether oxygens (including phenoxy) is 1. The maximum Gasteiger partial charge on any atom is 0.261 e. The van der Waals surface area contributed by atoms with E-state index in [4.69, 9.17) is 27.9 Å². The Hall–Kier alpha value is -1.76. The van der Waals surface area contributed by atoms with Crippen molar-refractivity contribution in [3.8, 4) is 5.75 Å². The van der Waals surface area contributed by atoms with E-state index in [-0.39, 0.29) is 25.0 Å². The predicted octanol–water partition coefficient (Wildman–Crippen LogP) is 6.20. The molecule has 1 unspecified atom stereocenters. The summed E-state index contributed by atoms with van der Waals surface area (Å²) < 4.78 is 6.59. The molecule has 0 aliphatic carbocycles. The van der Waals surface area contributed by atoms with Crippen molar-refractivity contribution in [2.45, 2.75) is 52.6 Å². The molecule has 0 fully saturated rings. The van der Waals surface area contributed by atoms with Crippen molar-refractivity contribution in [2.24, 2.45) is 0 Å². The molecule has 0 radical (unpaired) electrons. The lowest BCUT2D eigenvalue weighted by Crippen LogP contribution is -2.50. The summed E-state index contributed by atoms with van der Waals surface area (Å²) in [6.07, 6.45) is 0.464. The minimum Gasteiger partial charge on any atom is -0.483 e. The fraction of sp³-hybridized carbons (Fsp3) is 0.417. The van der Waals surface area contributed by atoms with Gasteiger partial charge in [-0.15, -0.1) is 0 Å². The third kappa shape index (κ3) is 7.12. The number of amides is 2. The summed E-state index contributed by atoms with van der Waals surface area (Å²) in [5.74, 6) is 0.453. The number of rotatable bonds is 10. The molecule has 0 bridgehead atoms. The van der Waals surface area contributed by atoms with Crippen molar-refractivity contribution < 1.29 is 14.3 Å². The summed E-state index contributed by atoms with van der Waals surface area (Å²) >= 11 is 15.7. The molecule has 0 saturated carbocycles. The van der Waals surface area contributed by atoms with Crippen LogP contribution in [0.1, 0.15) is 51.2 Å². The molecule has 5 nitrogen and oxygen atoms in total. The van der Waals surface area contributed by atoms with E-state index in [1.165, 1.54) is 10.5 Å². The molecule has 0 heterocycles. The third-order valence-corrected chi connectivity index (χ3v) is 6.41. The first-order chi connectivity index (χ1) is 15.2. The molecule has 1 atom stereocenters. The zero-order chi connectivity index (χ0) is 23.8. The number of likely N-dealkylation sites (N-methyl/N-ethyl adjacent to an activating group) is 1. The van der Waals surface area contributed by atoms with E-state index in [0.717, 1.165) is 10.0 Å². The Morgan fingerprint density at radius 1 is 1.09 bits per heavy atom. The maximum atomic E-state index is 13.2. The van der Waals surface area contributed by atoms with Gasteiger partial charge in [-0.2, -0.15) is 0 Å². The Balaban J connectivity index is 2.24. The Morgan fingerprint density at radius 2 is 1.81 bits per heavy atom. The van der Waals surface area contributed by atoms with E-state index < -0.39 is 6.04 Å². The van der Waals surface area contributed by atoms with E-state index in [9.17, 15) is 9.59 Å². The van der Waals surface area contributed by atoms with Gasteiger partial charge in [-0.05, 0) is 70.6 Å². The van der Waals surface area contributed by atoms with Crippen LogP contribution in [0.3, 0.4) is 0 Å². The van der Waals surface area contributed by atoms with Crippen LogP contribution in [0.15, 0.2) is 40.9 Å². The second-order valence-corrected chi connectivity index (χ2v) is 9.39. The van der Waals surface area contributed by atoms with E-state index in [1.807, 2.05) is 32.0 Å². The van der Waals surface area contributed by atoms with Gasteiger partial charge >= 0.3 is 0 Å². The van der Waals surface area contributed by atoms with Gasteiger partial charge in [-0.3, -0.25) is 9.59 Å². The maximum absolute atomic E-state index is 13.2. The molecule has 0 aromatic heterocycles. The zero-order valence-corrected chi connectivity index (χ0v) is 21.9. The lowest BCUT2D eigenvalue weighted by molar-refractivity contribution is -0.142. The molecular weight excluding hydrogens is 515 g/mol. The van der Waals surface area contributed by atoms with Gasteiger partial charge in [0.25, 0.3) is 5.91 Å². The molecule has 1 N–H and O–H groups in total. The second kappa shape index (κ2) is 12.5. The van der Waals surface area contributed by atoms with Crippen molar-refractivity contribution in [1.29, 1.82) is 0 Å². The van der Waals surface area contributed by atoms with Gasteiger partial charge in [0, 0.05) is 13.1 Å². The molecule has 2 aromatic rings. The highest BCUT2D eigenvalue weighted by Crippen LogP contribution is 2.29. The Kier molecular flexibility index (Phi) is 10.3. The van der Waals surface area contributed by atoms with Crippen molar-refractivity contribution in [2.75, 3.05) is 13.2 Å². The summed E-state index contributed by atoms with van der Waals surface area (Å²) in [6, 6.07) is 10.4. The first-order valence-electron chi connectivity index (χ1n) is 10.6. The van der Waals surface area contributed by atoms with E-state index in [1.54, 1.807) is 18.2 Å². The molecule has 0 aliphatic heterocycles. The molecule has 0 spiro atoms. The Labute approximate surface area is 208 Å². The quantitative estimate of drug-likeness (QED) is 0.388. The van der Waals surface area contributed by atoms with Crippen molar-refractivity contribution in [1.82, 2.24) is 10.2 Å². The first kappa shape index (κ1) is 26.5. The number of halogens is 3. The summed E-state index contributed by atoms with van der Waals surface area (Å²) in [5.41, 5.74) is 1.94. The average molecular weight is 544 g/mol. The fourth-order valence-electron chi connectivity index (χ4n) is 3.26. The summed E-state index contributed by atoms with van der Waals surface area (Å²) in [7, 11) is 0. The van der Waals surface area contributed by atoms with Crippen LogP contribution in [-0.2, 0) is 16.1 Å². The number of hydrogen-bond donors (Lipinski definition) is 1. The number of benzene rings is 2. The van der Waals surface area contributed by atoms with Gasteiger partial charge in [0.05, 0.1) is 14.5 Å². The molecule has 0 aliphatic rings. The number of nitrogens with zero attached hydrogens (tertiary/aromatic N) is 1. The third-order valence-electron chi connectivity index (χ3n) is 5.05. The number of hydrogen-bond acceptors (Lipinski definition) is 3.